The maximum Gasteiger partial charge on any atom is 0.353 e. The zero-order valence-corrected chi connectivity index (χ0v) is 15.6. The van der Waals surface area contributed by atoms with Gasteiger partial charge in [0.25, 0.3) is 0 Å². The fraction of sp³-hybridized carbons (Fsp3) is 0.182. The third kappa shape index (κ3) is 3.60. The molecule has 0 aliphatic rings. The predicted molar refractivity (Wildman–Crippen MR) is 103 cm³/mol. The normalized spacial score (nSPS) is 10.5. The SMILES string of the molecule is CCc1c(C#N)c(-c2ccc(OCc3ccc(F)cc3)cc2)c(C(=O)O)n1C. The van der Waals surface area contributed by atoms with Crippen LogP contribution in [-0.2, 0) is 20.1 Å². The summed E-state index contributed by atoms with van der Waals surface area (Å²) in [6.07, 6.45) is 0.554. The molecule has 0 aliphatic heterocycles. The molecule has 28 heavy (non-hydrogen) atoms. The summed E-state index contributed by atoms with van der Waals surface area (Å²) in [7, 11) is 1.66. The Morgan fingerprint density at radius 2 is 1.82 bits per heavy atom. The fourth-order valence-corrected chi connectivity index (χ4v) is 3.26. The molecule has 0 amide bonds. The number of nitrogens with zero attached hydrogens (tertiary/aromatic N) is 2. The highest BCUT2D eigenvalue weighted by Gasteiger charge is 2.25. The Balaban J connectivity index is 1.90. The molecule has 6 heteroatoms. The van der Waals surface area contributed by atoms with Crippen molar-refractivity contribution in [2.24, 2.45) is 7.05 Å². The van der Waals surface area contributed by atoms with E-state index in [1.807, 2.05) is 6.92 Å². The second kappa shape index (κ2) is 7.97. The lowest BCUT2D eigenvalue weighted by molar-refractivity contribution is 0.0687. The van der Waals surface area contributed by atoms with Crippen molar-refractivity contribution in [2.75, 3.05) is 0 Å². The van der Waals surface area contributed by atoms with Crippen LogP contribution < -0.4 is 4.74 Å². The molecule has 0 unspecified atom stereocenters. The van der Waals surface area contributed by atoms with Crippen LogP contribution in [0.15, 0.2) is 48.5 Å². The topological polar surface area (TPSA) is 75.2 Å². The number of carboxylic acids is 1. The molecule has 0 saturated carbocycles. The summed E-state index contributed by atoms with van der Waals surface area (Å²) in [6, 6.07) is 15.1. The first-order chi connectivity index (χ1) is 13.5. The van der Waals surface area contributed by atoms with Crippen LogP contribution in [0, 0.1) is 17.1 Å². The van der Waals surface area contributed by atoms with Crippen LogP contribution in [0.3, 0.4) is 0 Å². The zero-order valence-electron chi connectivity index (χ0n) is 15.6. The number of carbonyl (C=O) groups is 1. The highest BCUT2D eigenvalue weighted by atomic mass is 19.1. The summed E-state index contributed by atoms with van der Waals surface area (Å²) >= 11 is 0. The lowest BCUT2D eigenvalue weighted by Gasteiger charge is -2.08. The van der Waals surface area contributed by atoms with Gasteiger partial charge in [0.1, 0.15) is 29.9 Å². The van der Waals surface area contributed by atoms with Crippen LogP contribution in [0.1, 0.15) is 34.2 Å². The van der Waals surface area contributed by atoms with E-state index in [0.717, 1.165) is 5.56 Å². The van der Waals surface area contributed by atoms with Gasteiger partial charge in [0.05, 0.1) is 5.56 Å². The lowest BCUT2D eigenvalue weighted by Crippen LogP contribution is -2.07. The van der Waals surface area contributed by atoms with Crippen molar-refractivity contribution in [1.82, 2.24) is 4.57 Å². The van der Waals surface area contributed by atoms with Crippen molar-refractivity contribution in [3.8, 4) is 22.9 Å². The van der Waals surface area contributed by atoms with Crippen molar-refractivity contribution >= 4 is 5.97 Å². The van der Waals surface area contributed by atoms with Crippen LogP contribution in [0.2, 0.25) is 0 Å². The Labute approximate surface area is 162 Å². The Morgan fingerprint density at radius 1 is 1.18 bits per heavy atom. The molecule has 0 atom stereocenters. The van der Waals surface area contributed by atoms with Gasteiger partial charge in [0.2, 0.25) is 0 Å². The lowest BCUT2D eigenvalue weighted by atomic mass is 10.00. The van der Waals surface area contributed by atoms with E-state index in [2.05, 4.69) is 6.07 Å². The maximum absolute atomic E-state index is 13.0. The van der Waals surface area contributed by atoms with Gasteiger partial charge in [-0.15, -0.1) is 0 Å². The first-order valence-corrected chi connectivity index (χ1v) is 8.78. The average molecular weight is 378 g/mol. The Morgan fingerprint density at radius 3 is 2.36 bits per heavy atom. The highest BCUT2D eigenvalue weighted by molar-refractivity contribution is 5.97. The minimum atomic E-state index is -1.08. The number of aromatic carboxylic acids is 1. The number of aromatic nitrogens is 1. The van der Waals surface area contributed by atoms with Gasteiger partial charge in [-0.1, -0.05) is 31.2 Å². The Bertz CT molecular complexity index is 1050. The number of hydrogen-bond acceptors (Lipinski definition) is 3. The maximum atomic E-state index is 13.0. The number of halogens is 1. The van der Waals surface area contributed by atoms with E-state index < -0.39 is 5.97 Å². The Hall–Kier alpha value is -3.59. The van der Waals surface area contributed by atoms with Gasteiger partial charge in [0, 0.05) is 18.3 Å². The van der Waals surface area contributed by atoms with Crippen LogP contribution >= 0.6 is 0 Å². The molecule has 1 N–H and O–H groups in total. The van der Waals surface area contributed by atoms with Gasteiger partial charge < -0.3 is 14.4 Å². The van der Waals surface area contributed by atoms with Crippen molar-refractivity contribution < 1.29 is 19.0 Å². The second-order valence-corrected chi connectivity index (χ2v) is 6.31. The number of nitriles is 1. The number of benzene rings is 2. The summed E-state index contributed by atoms with van der Waals surface area (Å²) in [4.78, 5) is 11.8. The molecule has 0 aliphatic carbocycles. The number of carboxylic acid groups (broad SMARTS) is 1. The molecule has 0 spiro atoms. The highest BCUT2D eigenvalue weighted by Crippen LogP contribution is 2.33. The molecule has 1 aromatic heterocycles. The van der Waals surface area contributed by atoms with Crippen molar-refractivity contribution in [1.29, 1.82) is 5.26 Å². The summed E-state index contributed by atoms with van der Waals surface area (Å²) in [5, 5.41) is 19.2. The molecular weight excluding hydrogens is 359 g/mol. The quantitative estimate of drug-likeness (QED) is 0.683. The van der Waals surface area contributed by atoms with Gasteiger partial charge in [-0.3, -0.25) is 0 Å². The fourth-order valence-electron chi connectivity index (χ4n) is 3.26. The molecule has 0 radical (unpaired) electrons. The van der Waals surface area contributed by atoms with E-state index in [9.17, 15) is 19.6 Å². The van der Waals surface area contributed by atoms with Gasteiger partial charge in [0.15, 0.2) is 0 Å². The molecule has 3 aromatic rings. The van der Waals surface area contributed by atoms with E-state index in [0.29, 0.717) is 34.6 Å². The van der Waals surface area contributed by atoms with E-state index in [1.165, 1.54) is 12.1 Å². The van der Waals surface area contributed by atoms with E-state index in [1.54, 1.807) is 48.0 Å². The summed E-state index contributed by atoms with van der Waals surface area (Å²) < 4.78 is 20.2. The molecule has 0 saturated heterocycles. The number of ether oxygens (including phenoxy) is 1. The molecule has 1 heterocycles. The largest absolute Gasteiger partial charge is 0.489 e. The Kier molecular flexibility index (Phi) is 5.46. The first kappa shape index (κ1) is 19.2. The monoisotopic (exact) mass is 378 g/mol. The zero-order chi connectivity index (χ0) is 20.3. The first-order valence-electron chi connectivity index (χ1n) is 8.78. The smallest absolute Gasteiger partial charge is 0.353 e. The molecule has 0 fully saturated rings. The average Bonchev–Trinajstić information content (AvgIpc) is 2.99. The molecule has 3 rings (SSSR count). The van der Waals surface area contributed by atoms with Crippen molar-refractivity contribution in [3.05, 3.63) is 76.9 Å². The number of rotatable bonds is 6. The minimum Gasteiger partial charge on any atom is -0.489 e. The van der Waals surface area contributed by atoms with Crippen LogP contribution in [0.5, 0.6) is 5.75 Å². The molecule has 2 aromatic carbocycles. The second-order valence-electron chi connectivity index (χ2n) is 6.31. The van der Waals surface area contributed by atoms with E-state index in [-0.39, 0.29) is 18.1 Å². The third-order valence-electron chi connectivity index (χ3n) is 4.63. The predicted octanol–water partition coefficient (Wildman–Crippen LogP) is 4.54. The van der Waals surface area contributed by atoms with Crippen LogP contribution in [0.4, 0.5) is 4.39 Å². The van der Waals surface area contributed by atoms with Crippen LogP contribution in [0.25, 0.3) is 11.1 Å². The minimum absolute atomic E-state index is 0.0911. The van der Waals surface area contributed by atoms with Gasteiger partial charge in [-0.25, -0.2) is 9.18 Å². The van der Waals surface area contributed by atoms with Crippen molar-refractivity contribution in [3.63, 3.8) is 0 Å². The van der Waals surface area contributed by atoms with Gasteiger partial charge in [-0.05, 0) is 41.8 Å². The molecule has 142 valence electrons. The summed E-state index contributed by atoms with van der Waals surface area (Å²) in [5.41, 5.74) is 3.04. The standard InChI is InChI=1S/C22H19FN2O3/c1-3-19-18(12-24)20(21(22(26)27)25(19)2)15-6-10-17(11-7-15)28-13-14-4-8-16(23)9-5-14/h4-11H,3,13H2,1-2H3,(H,26,27). The van der Waals surface area contributed by atoms with Gasteiger partial charge in [-0.2, -0.15) is 5.26 Å². The summed E-state index contributed by atoms with van der Waals surface area (Å²) in [5.74, 6) is -0.787. The van der Waals surface area contributed by atoms with Crippen molar-refractivity contribution in [2.45, 2.75) is 20.0 Å². The van der Waals surface area contributed by atoms with E-state index in [4.69, 9.17) is 4.74 Å². The molecular formula is C22H19FN2O3. The number of hydrogen-bond donors (Lipinski definition) is 1. The third-order valence-corrected chi connectivity index (χ3v) is 4.63. The molecule has 0 bridgehead atoms. The molecule has 5 nitrogen and oxygen atoms in total. The van der Waals surface area contributed by atoms with Crippen LogP contribution in [-0.4, -0.2) is 15.6 Å². The summed E-state index contributed by atoms with van der Waals surface area (Å²) in [6.45, 7) is 2.17. The van der Waals surface area contributed by atoms with Gasteiger partial charge >= 0.3 is 5.97 Å². The van der Waals surface area contributed by atoms with E-state index >= 15 is 0 Å².